The monoisotopic (exact) mass is 248 g/mol. The fourth-order valence-corrected chi connectivity index (χ4v) is 2.30. The van der Waals surface area contributed by atoms with E-state index in [0.717, 1.165) is 31.3 Å². The lowest BCUT2D eigenvalue weighted by molar-refractivity contribution is -0.130. The maximum absolute atomic E-state index is 11.7. The average Bonchev–Trinajstić information content (AvgIpc) is 2.43. The van der Waals surface area contributed by atoms with Crippen molar-refractivity contribution < 1.29 is 4.79 Å². The van der Waals surface area contributed by atoms with E-state index in [2.05, 4.69) is 19.2 Å². The van der Waals surface area contributed by atoms with Crippen molar-refractivity contribution in [1.82, 2.24) is 10.2 Å². The molecule has 3 nitrogen and oxygen atoms in total. The number of likely N-dealkylation sites (tertiary alicyclic amines) is 1. The molecular weight excluding hydrogens is 224 g/mol. The van der Waals surface area contributed by atoms with Crippen molar-refractivity contribution in [3.8, 4) is 0 Å². The van der Waals surface area contributed by atoms with Crippen molar-refractivity contribution in [1.29, 1.82) is 0 Å². The molecule has 16 heavy (non-hydrogen) atoms. The van der Waals surface area contributed by atoms with E-state index in [0.29, 0.717) is 6.54 Å². The lowest BCUT2D eigenvalue weighted by atomic mass is 9.89. The second-order valence-corrected chi connectivity index (χ2v) is 4.85. The van der Waals surface area contributed by atoms with Crippen molar-refractivity contribution in [3.05, 3.63) is 0 Å². The Morgan fingerprint density at radius 3 is 2.62 bits per heavy atom. The van der Waals surface area contributed by atoms with Crippen LogP contribution in [0.5, 0.6) is 0 Å². The molecule has 0 aromatic heterocycles. The first kappa shape index (κ1) is 15.7. The van der Waals surface area contributed by atoms with E-state index in [1.54, 1.807) is 0 Å². The third kappa shape index (κ3) is 4.71. The van der Waals surface area contributed by atoms with Gasteiger partial charge in [-0.25, -0.2) is 0 Å². The van der Waals surface area contributed by atoms with Gasteiger partial charge in [-0.2, -0.15) is 0 Å². The quantitative estimate of drug-likeness (QED) is 0.828. The number of likely N-dealkylation sites (N-methyl/N-ethyl adjacent to an activating group) is 1. The molecule has 1 aliphatic rings. The third-order valence-corrected chi connectivity index (χ3v) is 3.40. The van der Waals surface area contributed by atoms with Crippen molar-refractivity contribution >= 4 is 18.3 Å². The number of halogens is 1. The van der Waals surface area contributed by atoms with Crippen LogP contribution in [-0.4, -0.2) is 37.5 Å². The molecule has 0 saturated carbocycles. The Morgan fingerprint density at radius 1 is 1.38 bits per heavy atom. The van der Waals surface area contributed by atoms with E-state index in [-0.39, 0.29) is 18.3 Å². The van der Waals surface area contributed by atoms with Gasteiger partial charge in [-0.3, -0.25) is 4.79 Å². The Kier molecular flexibility index (Phi) is 7.77. The van der Waals surface area contributed by atoms with E-state index in [1.165, 1.54) is 12.8 Å². The number of nitrogens with one attached hydrogen (secondary N) is 1. The minimum atomic E-state index is 0. The van der Waals surface area contributed by atoms with E-state index in [4.69, 9.17) is 0 Å². The molecule has 1 amide bonds. The summed E-state index contributed by atoms with van der Waals surface area (Å²) in [5.74, 6) is 1.81. The molecule has 1 unspecified atom stereocenters. The molecule has 96 valence electrons. The fraction of sp³-hybridized carbons (Fsp3) is 0.917. The molecule has 0 aliphatic carbocycles. The molecule has 1 fully saturated rings. The average molecular weight is 249 g/mol. The van der Waals surface area contributed by atoms with Crippen LogP contribution in [0.2, 0.25) is 0 Å². The molecule has 0 radical (unpaired) electrons. The molecule has 1 atom stereocenters. The van der Waals surface area contributed by atoms with E-state index in [9.17, 15) is 4.79 Å². The first-order valence-corrected chi connectivity index (χ1v) is 6.07. The van der Waals surface area contributed by atoms with Crippen LogP contribution in [-0.2, 0) is 4.79 Å². The predicted octanol–water partition coefficient (Wildman–Crippen LogP) is 1.91. The molecule has 0 aromatic rings. The van der Waals surface area contributed by atoms with Crippen molar-refractivity contribution in [3.63, 3.8) is 0 Å². The van der Waals surface area contributed by atoms with Gasteiger partial charge in [0.1, 0.15) is 0 Å². The zero-order chi connectivity index (χ0) is 11.3. The SMILES string of the molecule is CNCC(=O)N1CCCC(C(C)C)CC1.Cl. The standard InChI is InChI=1S/C12H24N2O.ClH/c1-10(2)11-5-4-7-14(8-6-11)12(15)9-13-3;/h10-11,13H,4-9H2,1-3H3;1H. The Labute approximate surface area is 105 Å². The van der Waals surface area contributed by atoms with Crippen LogP contribution in [0.4, 0.5) is 0 Å². The van der Waals surface area contributed by atoms with E-state index < -0.39 is 0 Å². The molecule has 1 rings (SSSR count). The van der Waals surface area contributed by atoms with Crippen LogP contribution in [0.15, 0.2) is 0 Å². The van der Waals surface area contributed by atoms with Gasteiger partial charge in [0.05, 0.1) is 6.54 Å². The number of rotatable bonds is 3. The second kappa shape index (κ2) is 7.91. The first-order chi connectivity index (χ1) is 7.15. The van der Waals surface area contributed by atoms with Crippen molar-refractivity contribution in [2.75, 3.05) is 26.7 Å². The summed E-state index contributed by atoms with van der Waals surface area (Å²) in [6.45, 7) is 6.95. The summed E-state index contributed by atoms with van der Waals surface area (Å²) in [6, 6.07) is 0. The van der Waals surface area contributed by atoms with Gasteiger partial charge in [0.25, 0.3) is 0 Å². The van der Waals surface area contributed by atoms with Crippen LogP contribution in [0.1, 0.15) is 33.1 Å². The van der Waals surface area contributed by atoms with Crippen LogP contribution >= 0.6 is 12.4 Å². The molecule has 4 heteroatoms. The Hall–Kier alpha value is -0.280. The summed E-state index contributed by atoms with van der Waals surface area (Å²) in [7, 11) is 1.83. The van der Waals surface area contributed by atoms with Gasteiger partial charge < -0.3 is 10.2 Å². The summed E-state index contributed by atoms with van der Waals surface area (Å²) >= 11 is 0. The highest BCUT2D eigenvalue weighted by atomic mass is 35.5. The largest absolute Gasteiger partial charge is 0.342 e. The molecule has 0 spiro atoms. The van der Waals surface area contributed by atoms with E-state index in [1.807, 2.05) is 11.9 Å². The molecular formula is C12H25ClN2O. The number of hydrogen-bond acceptors (Lipinski definition) is 2. The highest BCUT2D eigenvalue weighted by Crippen LogP contribution is 2.24. The van der Waals surface area contributed by atoms with Crippen LogP contribution in [0.3, 0.4) is 0 Å². The number of hydrogen-bond donors (Lipinski definition) is 1. The number of amides is 1. The number of carbonyl (C=O) groups excluding carboxylic acids is 1. The van der Waals surface area contributed by atoms with Crippen molar-refractivity contribution in [2.24, 2.45) is 11.8 Å². The summed E-state index contributed by atoms with van der Waals surface area (Å²) in [6.07, 6.45) is 3.62. The molecule has 0 bridgehead atoms. The highest BCUT2D eigenvalue weighted by Gasteiger charge is 2.21. The zero-order valence-corrected chi connectivity index (χ0v) is 11.5. The van der Waals surface area contributed by atoms with Gasteiger partial charge in [0, 0.05) is 13.1 Å². The second-order valence-electron chi connectivity index (χ2n) is 4.85. The molecule has 1 aliphatic heterocycles. The highest BCUT2D eigenvalue weighted by molar-refractivity contribution is 5.85. The van der Waals surface area contributed by atoms with Gasteiger partial charge in [0.15, 0.2) is 0 Å². The molecule has 1 N–H and O–H groups in total. The number of carbonyl (C=O) groups is 1. The minimum Gasteiger partial charge on any atom is -0.342 e. The Morgan fingerprint density at radius 2 is 2.06 bits per heavy atom. The molecule has 1 saturated heterocycles. The minimum absolute atomic E-state index is 0. The smallest absolute Gasteiger partial charge is 0.236 e. The van der Waals surface area contributed by atoms with Gasteiger partial charge in [-0.1, -0.05) is 13.8 Å². The molecule has 1 heterocycles. The third-order valence-electron chi connectivity index (χ3n) is 3.40. The Balaban J connectivity index is 0.00000225. The van der Waals surface area contributed by atoms with Crippen molar-refractivity contribution in [2.45, 2.75) is 33.1 Å². The van der Waals surface area contributed by atoms with Crippen LogP contribution in [0.25, 0.3) is 0 Å². The normalized spacial score (nSPS) is 21.5. The fourth-order valence-electron chi connectivity index (χ4n) is 2.30. The summed E-state index contributed by atoms with van der Waals surface area (Å²) in [5.41, 5.74) is 0. The van der Waals surface area contributed by atoms with Gasteiger partial charge in [-0.05, 0) is 38.1 Å². The lowest BCUT2D eigenvalue weighted by Crippen LogP contribution is -2.37. The zero-order valence-electron chi connectivity index (χ0n) is 10.7. The molecule has 0 aromatic carbocycles. The summed E-state index contributed by atoms with van der Waals surface area (Å²) < 4.78 is 0. The Bertz CT molecular complexity index is 209. The predicted molar refractivity (Wildman–Crippen MR) is 69.9 cm³/mol. The summed E-state index contributed by atoms with van der Waals surface area (Å²) in [4.78, 5) is 13.7. The summed E-state index contributed by atoms with van der Waals surface area (Å²) in [5, 5.41) is 2.93. The maximum Gasteiger partial charge on any atom is 0.236 e. The van der Waals surface area contributed by atoms with Crippen LogP contribution in [0, 0.1) is 11.8 Å². The lowest BCUT2D eigenvalue weighted by Gasteiger charge is -2.21. The van der Waals surface area contributed by atoms with E-state index >= 15 is 0 Å². The van der Waals surface area contributed by atoms with Gasteiger partial charge in [0.2, 0.25) is 5.91 Å². The van der Waals surface area contributed by atoms with Gasteiger partial charge >= 0.3 is 0 Å². The topological polar surface area (TPSA) is 32.3 Å². The van der Waals surface area contributed by atoms with Gasteiger partial charge in [-0.15, -0.1) is 12.4 Å². The maximum atomic E-state index is 11.7. The first-order valence-electron chi connectivity index (χ1n) is 6.07. The number of nitrogens with zero attached hydrogens (tertiary/aromatic N) is 1. The van der Waals surface area contributed by atoms with Crippen LogP contribution < -0.4 is 5.32 Å².